The van der Waals surface area contributed by atoms with Crippen molar-refractivity contribution in [2.24, 2.45) is 0 Å². The van der Waals surface area contributed by atoms with Crippen LogP contribution in [0.1, 0.15) is 10.4 Å². The van der Waals surface area contributed by atoms with Crippen molar-refractivity contribution >= 4 is 17.8 Å². The van der Waals surface area contributed by atoms with Crippen molar-refractivity contribution in [1.82, 2.24) is 10.9 Å². The molecule has 0 aliphatic rings. The van der Waals surface area contributed by atoms with Crippen LogP contribution in [0.5, 0.6) is 11.5 Å². The van der Waals surface area contributed by atoms with E-state index in [1.807, 2.05) is 5.43 Å². The molecular formula is C13H14N2O6. The maximum Gasteiger partial charge on any atom is 0.328 e. The number of rotatable bonds is 5. The highest BCUT2D eigenvalue weighted by molar-refractivity contribution is 5.98. The minimum atomic E-state index is -1.27. The number of hydrogen-bond donors (Lipinski definition) is 3. The molecule has 2 amide bonds. The van der Waals surface area contributed by atoms with Crippen LogP contribution in [-0.4, -0.2) is 37.1 Å². The number of carbonyl (C=O) groups is 3. The maximum atomic E-state index is 11.8. The number of ether oxygens (including phenoxy) is 2. The highest BCUT2D eigenvalue weighted by Crippen LogP contribution is 2.27. The molecule has 0 aliphatic carbocycles. The fourth-order valence-electron chi connectivity index (χ4n) is 1.36. The van der Waals surface area contributed by atoms with Crippen molar-refractivity contribution in [1.29, 1.82) is 0 Å². The number of benzene rings is 1. The summed E-state index contributed by atoms with van der Waals surface area (Å²) in [6.45, 7) is 0. The van der Waals surface area contributed by atoms with E-state index in [0.29, 0.717) is 17.6 Å². The Morgan fingerprint density at radius 1 is 1.05 bits per heavy atom. The quantitative estimate of drug-likeness (QED) is 0.524. The van der Waals surface area contributed by atoms with Gasteiger partial charge < -0.3 is 14.6 Å². The van der Waals surface area contributed by atoms with Crippen LogP contribution >= 0.6 is 0 Å². The Balaban J connectivity index is 2.68. The summed E-state index contributed by atoms with van der Waals surface area (Å²) in [6.07, 6.45) is 1.43. The van der Waals surface area contributed by atoms with Gasteiger partial charge in [0.25, 0.3) is 11.8 Å². The average Bonchev–Trinajstić information content (AvgIpc) is 2.49. The molecule has 0 aliphatic heterocycles. The third-order valence-electron chi connectivity index (χ3n) is 2.32. The summed E-state index contributed by atoms with van der Waals surface area (Å²) in [7, 11) is 2.89. The summed E-state index contributed by atoms with van der Waals surface area (Å²) >= 11 is 0. The van der Waals surface area contributed by atoms with E-state index in [1.165, 1.54) is 26.4 Å². The van der Waals surface area contributed by atoms with E-state index in [4.69, 9.17) is 14.6 Å². The lowest BCUT2D eigenvalue weighted by Crippen LogP contribution is -2.40. The molecule has 0 bridgehead atoms. The molecular weight excluding hydrogens is 280 g/mol. The first-order chi connectivity index (χ1) is 9.97. The third kappa shape index (κ3) is 4.86. The zero-order valence-corrected chi connectivity index (χ0v) is 11.4. The van der Waals surface area contributed by atoms with Gasteiger partial charge in [-0.2, -0.15) is 0 Å². The molecule has 8 heteroatoms. The minimum Gasteiger partial charge on any atom is -0.493 e. The molecule has 0 saturated heterocycles. The lowest BCUT2D eigenvalue weighted by Gasteiger charge is -2.10. The first kappa shape index (κ1) is 16.0. The van der Waals surface area contributed by atoms with Crippen LogP contribution in [0.15, 0.2) is 30.4 Å². The largest absolute Gasteiger partial charge is 0.493 e. The van der Waals surface area contributed by atoms with Gasteiger partial charge in [-0.25, -0.2) is 4.79 Å². The Morgan fingerprint density at radius 2 is 1.71 bits per heavy atom. The molecule has 21 heavy (non-hydrogen) atoms. The Labute approximate surface area is 120 Å². The summed E-state index contributed by atoms with van der Waals surface area (Å²) in [5.41, 5.74) is 4.41. The van der Waals surface area contributed by atoms with Crippen molar-refractivity contribution in [2.45, 2.75) is 0 Å². The lowest BCUT2D eigenvalue weighted by molar-refractivity contribution is -0.131. The normalized spacial score (nSPS) is 10.0. The SMILES string of the molecule is COc1ccc(C(=O)NNC(=O)C=CC(=O)O)cc1OC. The first-order valence-electron chi connectivity index (χ1n) is 5.71. The predicted molar refractivity (Wildman–Crippen MR) is 71.9 cm³/mol. The first-order valence-corrected chi connectivity index (χ1v) is 5.71. The van der Waals surface area contributed by atoms with Gasteiger partial charge >= 0.3 is 5.97 Å². The second-order valence-electron chi connectivity index (χ2n) is 3.68. The number of carboxylic acids is 1. The van der Waals surface area contributed by atoms with Crippen LogP contribution in [0.4, 0.5) is 0 Å². The zero-order chi connectivity index (χ0) is 15.8. The summed E-state index contributed by atoms with van der Waals surface area (Å²) in [5, 5.41) is 8.34. The number of amides is 2. The summed E-state index contributed by atoms with van der Waals surface area (Å²) < 4.78 is 10.1. The van der Waals surface area contributed by atoms with Crippen molar-refractivity contribution in [2.75, 3.05) is 14.2 Å². The molecule has 0 aromatic heterocycles. The number of hydrogen-bond acceptors (Lipinski definition) is 5. The van der Waals surface area contributed by atoms with Crippen LogP contribution in [0.25, 0.3) is 0 Å². The van der Waals surface area contributed by atoms with Gasteiger partial charge in [0.15, 0.2) is 11.5 Å². The minimum absolute atomic E-state index is 0.232. The smallest absolute Gasteiger partial charge is 0.328 e. The van der Waals surface area contributed by atoms with Gasteiger partial charge in [0.2, 0.25) is 0 Å². The molecule has 0 radical (unpaired) electrons. The average molecular weight is 294 g/mol. The third-order valence-corrected chi connectivity index (χ3v) is 2.32. The number of carboxylic acid groups (broad SMARTS) is 1. The van der Waals surface area contributed by atoms with Crippen molar-refractivity contribution in [3.8, 4) is 11.5 Å². The predicted octanol–water partition coefficient (Wildman–Crippen LogP) is 0.106. The van der Waals surface area contributed by atoms with Crippen molar-refractivity contribution in [3.63, 3.8) is 0 Å². The fraction of sp³-hybridized carbons (Fsp3) is 0.154. The summed E-state index contributed by atoms with van der Waals surface area (Å²) in [5.74, 6) is -1.81. The van der Waals surface area contributed by atoms with E-state index in [1.54, 1.807) is 6.07 Å². The highest BCUT2D eigenvalue weighted by Gasteiger charge is 2.11. The van der Waals surface area contributed by atoms with Crippen molar-refractivity contribution in [3.05, 3.63) is 35.9 Å². The van der Waals surface area contributed by atoms with Gasteiger partial charge in [-0.1, -0.05) is 0 Å². The highest BCUT2D eigenvalue weighted by atomic mass is 16.5. The van der Waals surface area contributed by atoms with E-state index >= 15 is 0 Å². The number of aliphatic carboxylic acids is 1. The number of nitrogens with one attached hydrogen (secondary N) is 2. The number of hydrazine groups is 1. The molecule has 1 aromatic rings. The number of carbonyl (C=O) groups excluding carboxylic acids is 2. The number of methoxy groups -OCH3 is 2. The van der Waals surface area contributed by atoms with Gasteiger partial charge in [-0.3, -0.25) is 20.4 Å². The van der Waals surface area contributed by atoms with Crippen LogP contribution in [0, 0.1) is 0 Å². The molecule has 8 nitrogen and oxygen atoms in total. The van der Waals surface area contributed by atoms with Crippen LogP contribution < -0.4 is 20.3 Å². The monoisotopic (exact) mass is 294 g/mol. The molecule has 1 aromatic carbocycles. The van der Waals surface area contributed by atoms with Gasteiger partial charge in [-0.05, 0) is 18.2 Å². The second kappa shape index (κ2) is 7.53. The molecule has 0 heterocycles. The zero-order valence-electron chi connectivity index (χ0n) is 11.4. The topological polar surface area (TPSA) is 114 Å². The molecule has 112 valence electrons. The Morgan fingerprint density at radius 3 is 2.29 bits per heavy atom. The van der Waals surface area contributed by atoms with Crippen LogP contribution in [-0.2, 0) is 9.59 Å². The molecule has 0 atom stereocenters. The summed E-state index contributed by atoms with van der Waals surface area (Å²) in [4.78, 5) is 33.2. The van der Waals surface area contributed by atoms with E-state index < -0.39 is 17.8 Å². The van der Waals surface area contributed by atoms with Crippen molar-refractivity contribution < 1.29 is 29.0 Å². The Bertz CT molecular complexity index is 582. The van der Waals surface area contributed by atoms with Gasteiger partial charge in [0.1, 0.15) is 0 Å². The maximum absolute atomic E-state index is 11.8. The van der Waals surface area contributed by atoms with E-state index in [0.717, 1.165) is 6.08 Å². The van der Waals surface area contributed by atoms with E-state index in [2.05, 4.69) is 5.43 Å². The lowest BCUT2D eigenvalue weighted by atomic mass is 10.2. The molecule has 0 saturated carbocycles. The second-order valence-corrected chi connectivity index (χ2v) is 3.68. The van der Waals surface area contributed by atoms with Crippen LogP contribution in [0.3, 0.4) is 0 Å². The summed E-state index contributed by atoms with van der Waals surface area (Å²) in [6, 6.07) is 4.46. The van der Waals surface area contributed by atoms with E-state index in [9.17, 15) is 14.4 Å². The molecule has 0 spiro atoms. The molecule has 0 fully saturated rings. The van der Waals surface area contributed by atoms with Crippen LogP contribution in [0.2, 0.25) is 0 Å². The Kier molecular flexibility index (Phi) is 5.75. The van der Waals surface area contributed by atoms with E-state index in [-0.39, 0.29) is 5.56 Å². The fourth-order valence-corrected chi connectivity index (χ4v) is 1.36. The van der Waals surface area contributed by atoms with Gasteiger partial charge in [0, 0.05) is 17.7 Å². The Hall–Kier alpha value is -3.03. The standard InChI is InChI=1S/C13H14N2O6/c1-20-9-4-3-8(7-10(9)21-2)13(19)15-14-11(16)5-6-12(17)18/h3-7H,1-2H3,(H,14,16)(H,15,19)(H,17,18). The van der Waals surface area contributed by atoms with Gasteiger partial charge in [0.05, 0.1) is 14.2 Å². The molecule has 1 rings (SSSR count). The molecule has 3 N–H and O–H groups in total. The van der Waals surface area contributed by atoms with Gasteiger partial charge in [-0.15, -0.1) is 0 Å². The molecule has 0 unspecified atom stereocenters.